The number of hydrogen-bond donors (Lipinski definition) is 1. The number of carbonyl (C=O) groups is 1. The number of rotatable bonds is 7. The molecule has 5 rings (SSSR count). The van der Waals surface area contributed by atoms with Gasteiger partial charge in [0.15, 0.2) is 11.0 Å². The first-order valence-electron chi connectivity index (χ1n) is 12.4. The van der Waals surface area contributed by atoms with Crippen molar-refractivity contribution >= 4 is 34.7 Å². The highest BCUT2D eigenvalue weighted by Crippen LogP contribution is 2.30. The third-order valence-corrected chi connectivity index (χ3v) is 7.13. The molecule has 190 valence electrons. The lowest BCUT2D eigenvalue weighted by Crippen LogP contribution is -2.20. The zero-order chi connectivity index (χ0) is 26.5. The molecule has 0 radical (unpaired) electrons. The number of aromatic nitrogens is 3. The molecule has 1 N–H and O–H groups in total. The molecule has 38 heavy (non-hydrogen) atoms. The van der Waals surface area contributed by atoms with Crippen LogP contribution in [-0.2, 0) is 10.2 Å². The van der Waals surface area contributed by atoms with Crippen LogP contribution in [0.5, 0.6) is 0 Å². The second kappa shape index (κ2) is 11.0. The molecule has 0 fully saturated rings. The molecule has 0 bridgehead atoms. The minimum absolute atomic E-state index is 0.0656. The van der Waals surface area contributed by atoms with Crippen molar-refractivity contribution in [3.63, 3.8) is 0 Å². The van der Waals surface area contributed by atoms with Gasteiger partial charge in [0.05, 0.1) is 12.0 Å². The van der Waals surface area contributed by atoms with E-state index >= 15 is 0 Å². The van der Waals surface area contributed by atoms with Crippen molar-refractivity contribution in [3.8, 4) is 17.1 Å². The standard InChI is InChI=1S/C31H29N5OS/c1-31(2,3)25-18-16-23(17-19-25)29-34-35-30(36(29)26-13-5-4-6-14-26)38-21-28(37)33-32-20-24-12-9-11-22-10-7-8-15-27(22)24/h4-20H,21H2,1-3H3,(H,33,37). The van der Waals surface area contributed by atoms with Gasteiger partial charge in [-0.3, -0.25) is 9.36 Å². The van der Waals surface area contributed by atoms with Crippen molar-refractivity contribution in [2.24, 2.45) is 5.10 Å². The van der Waals surface area contributed by atoms with Gasteiger partial charge in [0.1, 0.15) is 0 Å². The summed E-state index contributed by atoms with van der Waals surface area (Å²) in [6, 6.07) is 32.5. The maximum absolute atomic E-state index is 12.6. The smallest absolute Gasteiger partial charge is 0.250 e. The first kappa shape index (κ1) is 25.4. The van der Waals surface area contributed by atoms with Crippen LogP contribution in [0.2, 0.25) is 0 Å². The van der Waals surface area contributed by atoms with Gasteiger partial charge in [0.25, 0.3) is 5.91 Å². The van der Waals surface area contributed by atoms with E-state index in [1.807, 2.05) is 65.2 Å². The summed E-state index contributed by atoms with van der Waals surface area (Å²) >= 11 is 1.33. The Morgan fingerprint density at radius 2 is 1.61 bits per heavy atom. The quantitative estimate of drug-likeness (QED) is 0.149. The van der Waals surface area contributed by atoms with Crippen molar-refractivity contribution < 1.29 is 4.79 Å². The normalized spacial score (nSPS) is 11.8. The fraction of sp³-hybridized carbons (Fsp3) is 0.161. The highest BCUT2D eigenvalue weighted by Gasteiger charge is 2.19. The zero-order valence-electron chi connectivity index (χ0n) is 21.6. The van der Waals surface area contributed by atoms with Crippen molar-refractivity contribution in [1.82, 2.24) is 20.2 Å². The molecule has 0 aliphatic carbocycles. The van der Waals surface area contributed by atoms with Crippen LogP contribution in [0.25, 0.3) is 27.8 Å². The topological polar surface area (TPSA) is 72.2 Å². The number of carbonyl (C=O) groups excluding carboxylic acids is 1. The SMILES string of the molecule is CC(C)(C)c1ccc(-c2nnc(SCC(=O)NN=Cc3cccc4ccccc34)n2-c2ccccc2)cc1. The lowest BCUT2D eigenvalue weighted by Gasteiger charge is -2.19. The molecule has 0 saturated heterocycles. The summed E-state index contributed by atoms with van der Waals surface area (Å²) < 4.78 is 1.99. The van der Waals surface area contributed by atoms with Gasteiger partial charge >= 0.3 is 0 Å². The van der Waals surface area contributed by atoms with Gasteiger partial charge in [-0.1, -0.05) is 117 Å². The summed E-state index contributed by atoms with van der Waals surface area (Å²) in [7, 11) is 0. The molecule has 1 aromatic heterocycles. The van der Waals surface area contributed by atoms with Gasteiger partial charge in [0.2, 0.25) is 0 Å². The third kappa shape index (κ3) is 5.68. The number of amides is 1. The number of benzene rings is 4. The Labute approximate surface area is 226 Å². The number of para-hydroxylation sites is 1. The third-order valence-electron chi connectivity index (χ3n) is 6.21. The van der Waals surface area contributed by atoms with Crippen LogP contribution in [-0.4, -0.2) is 32.6 Å². The van der Waals surface area contributed by atoms with Crippen LogP contribution in [0.1, 0.15) is 31.9 Å². The van der Waals surface area contributed by atoms with Crippen molar-refractivity contribution in [2.45, 2.75) is 31.3 Å². The predicted octanol–water partition coefficient (Wildman–Crippen LogP) is 6.63. The van der Waals surface area contributed by atoms with Crippen molar-refractivity contribution in [3.05, 3.63) is 108 Å². The molecule has 1 heterocycles. The van der Waals surface area contributed by atoms with E-state index < -0.39 is 0 Å². The molecule has 7 heteroatoms. The van der Waals surface area contributed by atoms with Crippen LogP contribution in [0, 0.1) is 0 Å². The van der Waals surface area contributed by atoms with Crippen LogP contribution in [0.15, 0.2) is 107 Å². The largest absolute Gasteiger partial charge is 0.272 e. The van der Waals surface area contributed by atoms with Crippen molar-refractivity contribution in [2.75, 3.05) is 5.75 Å². The summed E-state index contributed by atoms with van der Waals surface area (Å²) in [6.45, 7) is 6.58. The van der Waals surface area contributed by atoms with E-state index in [0.717, 1.165) is 33.4 Å². The molecular formula is C31H29N5OS. The maximum Gasteiger partial charge on any atom is 0.250 e. The average molecular weight is 520 g/mol. The molecule has 0 spiro atoms. The Bertz CT molecular complexity index is 1580. The first-order chi connectivity index (χ1) is 18.4. The minimum Gasteiger partial charge on any atom is -0.272 e. The number of nitrogens with zero attached hydrogens (tertiary/aromatic N) is 4. The Balaban J connectivity index is 1.33. The molecular weight excluding hydrogens is 490 g/mol. The molecule has 1 amide bonds. The monoisotopic (exact) mass is 519 g/mol. The van der Waals surface area contributed by atoms with Gasteiger partial charge in [-0.25, -0.2) is 5.43 Å². The van der Waals surface area contributed by atoms with E-state index in [2.05, 4.69) is 77.9 Å². The molecule has 0 saturated carbocycles. The fourth-order valence-electron chi connectivity index (χ4n) is 4.18. The van der Waals surface area contributed by atoms with Gasteiger partial charge < -0.3 is 0 Å². The Kier molecular flexibility index (Phi) is 7.38. The minimum atomic E-state index is -0.217. The highest BCUT2D eigenvalue weighted by atomic mass is 32.2. The average Bonchev–Trinajstić information content (AvgIpc) is 3.36. The zero-order valence-corrected chi connectivity index (χ0v) is 22.4. The molecule has 0 aliphatic rings. The van der Waals surface area contributed by atoms with E-state index in [0.29, 0.717) is 5.16 Å². The predicted molar refractivity (Wildman–Crippen MR) is 156 cm³/mol. The number of fused-ring (bicyclic) bond motifs is 1. The van der Waals surface area contributed by atoms with Gasteiger partial charge in [-0.15, -0.1) is 10.2 Å². The van der Waals surface area contributed by atoms with Gasteiger partial charge in [0, 0.05) is 16.8 Å². The fourth-order valence-corrected chi connectivity index (χ4v) is 4.92. The first-order valence-corrected chi connectivity index (χ1v) is 13.4. The Hall–Kier alpha value is -4.23. The molecule has 6 nitrogen and oxygen atoms in total. The van der Waals surface area contributed by atoms with Gasteiger partial charge in [-0.2, -0.15) is 5.10 Å². The maximum atomic E-state index is 12.6. The molecule has 0 unspecified atom stereocenters. The highest BCUT2D eigenvalue weighted by molar-refractivity contribution is 7.99. The Morgan fingerprint density at radius 1 is 0.895 bits per heavy atom. The summed E-state index contributed by atoms with van der Waals surface area (Å²) in [5, 5.41) is 16.0. The lowest BCUT2D eigenvalue weighted by molar-refractivity contribution is -0.118. The van der Waals surface area contributed by atoms with E-state index in [-0.39, 0.29) is 17.1 Å². The van der Waals surface area contributed by atoms with Gasteiger partial charge in [-0.05, 0) is 33.9 Å². The van der Waals surface area contributed by atoms with E-state index in [1.54, 1.807) is 6.21 Å². The van der Waals surface area contributed by atoms with Crippen LogP contribution in [0.4, 0.5) is 0 Å². The van der Waals surface area contributed by atoms with E-state index in [4.69, 9.17) is 0 Å². The van der Waals surface area contributed by atoms with Crippen molar-refractivity contribution in [1.29, 1.82) is 0 Å². The molecule has 5 aromatic rings. The van der Waals surface area contributed by atoms with Crippen LogP contribution >= 0.6 is 11.8 Å². The molecule has 0 aliphatic heterocycles. The number of thioether (sulfide) groups is 1. The lowest BCUT2D eigenvalue weighted by atomic mass is 9.87. The summed E-state index contributed by atoms with van der Waals surface area (Å²) in [5.74, 6) is 0.666. The second-order valence-corrected chi connectivity index (χ2v) is 10.9. The molecule has 0 atom stereocenters. The molecule has 4 aromatic carbocycles. The Morgan fingerprint density at radius 3 is 2.37 bits per heavy atom. The number of hydrogen-bond acceptors (Lipinski definition) is 5. The summed E-state index contributed by atoms with van der Waals surface area (Å²) in [5.41, 5.74) is 6.80. The summed E-state index contributed by atoms with van der Waals surface area (Å²) in [6.07, 6.45) is 1.68. The number of nitrogens with one attached hydrogen (secondary N) is 1. The van der Waals surface area contributed by atoms with E-state index in [1.165, 1.54) is 17.3 Å². The summed E-state index contributed by atoms with van der Waals surface area (Å²) in [4.78, 5) is 12.6. The van der Waals surface area contributed by atoms with E-state index in [9.17, 15) is 4.79 Å². The second-order valence-electron chi connectivity index (χ2n) is 9.95. The van der Waals surface area contributed by atoms with Crippen LogP contribution in [0.3, 0.4) is 0 Å². The number of hydrazone groups is 1. The van der Waals surface area contributed by atoms with Crippen LogP contribution < -0.4 is 5.43 Å².